The van der Waals surface area contributed by atoms with E-state index in [9.17, 15) is 0 Å². The van der Waals surface area contributed by atoms with E-state index in [-0.39, 0.29) is 5.60 Å². The van der Waals surface area contributed by atoms with Gasteiger partial charge in [0.25, 0.3) is 0 Å². The van der Waals surface area contributed by atoms with Crippen molar-refractivity contribution in [3.63, 3.8) is 0 Å². The standard InChI is InChI=1S/C16H23IO/c1-12(2)14-6-8-15(9-7-14)16(3,11-17)18-10-13-4-5-13/h6-9,12-13H,4-5,10-11H2,1-3H3. The summed E-state index contributed by atoms with van der Waals surface area (Å²) in [5, 5.41) is 0. The van der Waals surface area contributed by atoms with Crippen molar-refractivity contribution in [3.05, 3.63) is 35.4 Å². The minimum Gasteiger partial charge on any atom is -0.369 e. The highest BCUT2D eigenvalue weighted by Gasteiger charge is 2.30. The lowest BCUT2D eigenvalue weighted by Crippen LogP contribution is -2.28. The average molecular weight is 358 g/mol. The number of ether oxygens (including phenoxy) is 1. The molecule has 0 saturated heterocycles. The summed E-state index contributed by atoms with van der Waals surface area (Å²) in [4.78, 5) is 0. The molecule has 2 rings (SSSR count). The maximum atomic E-state index is 6.18. The summed E-state index contributed by atoms with van der Waals surface area (Å²) in [5.41, 5.74) is 2.58. The van der Waals surface area contributed by atoms with Gasteiger partial charge in [-0.25, -0.2) is 0 Å². The van der Waals surface area contributed by atoms with E-state index in [1.165, 1.54) is 24.0 Å². The Bertz CT molecular complexity index is 381. The highest BCUT2D eigenvalue weighted by molar-refractivity contribution is 14.1. The fraction of sp³-hybridized carbons (Fsp3) is 0.625. The van der Waals surface area contributed by atoms with E-state index in [0.717, 1.165) is 17.0 Å². The molecule has 1 aromatic carbocycles. The van der Waals surface area contributed by atoms with E-state index in [2.05, 4.69) is 67.6 Å². The van der Waals surface area contributed by atoms with Crippen LogP contribution in [-0.2, 0) is 10.3 Å². The van der Waals surface area contributed by atoms with E-state index in [1.54, 1.807) is 0 Å². The molecular formula is C16H23IO. The second kappa shape index (κ2) is 5.91. The average Bonchev–Trinajstić information content (AvgIpc) is 3.20. The van der Waals surface area contributed by atoms with Gasteiger partial charge in [0.05, 0.1) is 12.2 Å². The first-order chi connectivity index (χ1) is 8.55. The molecule has 2 heteroatoms. The number of hydrogen-bond acceptors (Lipinski definition) is 1. The van der Waals surface area contributed by atoms with Gasteiger partial charge >= 0.3 is 0 Å². The molecule has 0 heterocycles. The summed E-state index contributed by atoms with van der Waals surface area (Å²) in [7, 11) is 0. The van der Waals surface area contributed by atoms with Gasteiger partial charge in [-0.3, -0.25) is 0 Å². The van der Waals surface area contributed by atoms with Gasteiger partial charge in [-0.2, -0.15) is 0 Å². The first kappa shape index (κ1) is 14.3. The largest absolute Gasteiger partial charge is 0.369 e. The third kappa shape index (κ3) is 3.47. The van der Waals surface area contributed by atoms with Crippen molar-refractivity contribution in [1.82, 2.24) is 0 Å². The van der Waals surface area contributed by atoms with E-state index in [4.69, 9.17) is 4.74 Å². The van der Waals surface area contributed by atoms with Crippen molar-refractivity contribution in [2.24, 2.45) is 5.92 Å². The number of alkyl halides is 1. The Kier molecular flexibility index (Phi) is 4.70. The zero-order valence-corrected chi connectivity index (χ0v) is 13.7. The number of benzene rings is 1. The van der Waals surface area contributed by atoms with Gasteiger partial charge in [0.15, 0.2) is 0 Å². The van der Waals surface area contributed by atoms with Gasteiger partial charge < -0.3 is 4.74 Å². The molecule has 100 valence electrons. The van der Waals surface area contributed by atoms with Crippen molar-refractivity contribution in [2.45, 2.75) is 45.1 Å². The molecule has 1 nitrogen and oxygen atoms in total. The van der Waals surface area contributed by atoms with Crippen LogP contribution in [0.3, 0.4) is 0 Å². The second-order valence-corrected chi connectivity index (χ2v) is 6.66. The molecule has 1 aliphatic rings. The summed E-state index contributed by atoms with van der Waals surface area (Å²) in [6, 6.07) is 8.96. The molecule has 1 unspecified atom stereocenters. The lowest BCUT2D eigenvalue weighted by molar-refractivity contribution is -0.0212. The van der Waals surface area contributed by atoms with Crippen LogP contribution in [0.4, 0.5) is 0 Å². The molecule has 0 aromatic heterocycles. The Hall–Kier alpha value is -0.0900. The van der Waals surface area contributed by atoms with Crippen molar-refractivity contribution >= 4 is 22.6 Å². The number of halogens is 1. The van der Waals surface area contributed by atoms with Crippen LogP contribution < -0.4 is 0 Å². The lowest BCUT2D eigenvalue weighted by atomic mass is 9.94. The fourth-order valence-corrected chi connectivity index (χ4v) is 2.67. The molecule has 0 amide bonds. The maximum Gasteiger partial charge on any atom is 0.0992 e. The lowest BCUT2D eigenvalue weighted by Gasteiger charge is -2.29. The van der Waals surface area contributed by atoms with Crippen LogP contribution in [0.25, 0.3) is 0 Å². The van der Waals surface area contributed by atoms with Crippen LogP contribution in [0.1, 0.15) is 50.7 Å². The van der Waals surface area contributed by atoms with Gasteiger partial charge in [0.1, 0.15) is 0 Å². The Morgan fingerprint density at radius 3 is 2.33 bits per heavy atom. The molecule has 0 aliphatic heterocycles. The van der Waals surface area contributed by atoms with Crippen molar-refractivity contribution < 1.29 is 4.74 Å². The molecule has 18 heavy (non-hydrogen) atoms. The normalized spacial score (nSPS) is 18.9. The van der Waals surface area contributed by atoms with Crippen molar-refractivity contribution in [1.29, 1.82) is 0 Å². The molecule has 1 aromatic rings. The van der Waals surface area contributed by atoms with Gasteiger partial charge in [-0.05, 0) is 42.7 Å². The van der Waals surface area contributed by atoms with Crippen LogP contribution >= 0.6 is 22.6 Å². The number of rotatable bonds is 6. The Balaban J connectivity index is 2.09. The summed E-state index contributed by atoms with van der Waals surface area (Å²) in [6.45, 7) is 7.60. The third-order valence-corrected chi connectivity index (χ3v) is 5.23. The smallest absolute Gasteiger partial charge is 0.0992 e. The second-order valence-electron chi connectivity index (χ2n) is 5.90. The zero-order valence-electron chi connectivity index (χ0n) is 11.6. The van der Waals surface area contributed by atoms with E-state index >= 15 is 0 Å². The Morgan fingerprint density at radius 1 is 1.28 bits per heavy atom. The molecule has 1 atom stereocenters. The van der Waals surface area contributed by atoms with Crippen molar-refractivity contribution in [3.8, 4) is 0 Å². The fourth-order valence-electron chi connectivity index (χ4n) is 2.01. The van der Waals surface area contributed by atoms with Crippen molar-refractivity contribution in [2.75, 3.05) is 11.0 Å². The van der Waals surface area contributed by atoms with E-state index in [1.807, 2.05) is 0 Å². The molecule has 0 radical (unpaired) electrons. The SMILES string of the molecule is CC(C)c1ccc(C(C)(CI)OCC2CC2)cc1. The molecule has 0 N–H and O–H groups in total. The molecular weight excluding hydrogens is 335 g/mol. The summed E-state index contributed by atoms with van der Waals surface area (Å²) < 4.78 is 7.18. The highest BCUT2D eigenvalue weighted by Crippen LogP contribution is 2.34. The topological polar surface area (TPSA) is 9.23 Å². The maximum absolute atomic E-state index is 6.18. The van der Waals surface area contributed by atoms with Crippen LogP contribution in [0.15, 0.2) is 24.3 Å². The Labute approximate surface area is 124 Å². The van der Waals surface area contributed by atoms with Crippen LogP contribution in [0.5, 0.6) is 0 Å². The number of hydrogen-bond donors (Lipinski definition) is 0. The van der Waals surface area contributed by atoms with Gasteiger partial charge in [-0.1, -0.05) is 60.7 Å². The molecule has 0 spiro atoms. The van der Waals surface area contributed by atoms with Gasteiger partial charge in [0, 0.05) is 4.43 Å². The van der Waals surface area contributed by atoms with Gasteiger partial charge in [-0.15, -0.1) is 0 Å². The third-order valence-electron chi connectivity index (χ3n) is 3.78. The molecule has 1 saturated carbocycles. The highest BCUT2D eigenvalue weighted by atomic mass is 127. The zero-order chi connectivity index (χ0) is 13.2. The predicted octanol–water partition coefficient (Wildman–Crippen LogP) is 4.89. The quantitative estimate of drug-likeness (QED) is 0.520. The summed E-state index contributed by atoms with van der Waals surface area (Å²) in [6.07, 6.45) is 2.70. The first-order valence-electron chi connectivity index (χ1n) is 6.85. The van der Waals surface area contributed by atoms with Crippen LogP contribution in [0, 0.1) is 5.92 Å². The van der Waals surface area contributed by atoms with E-state index < -0.39 is 0 Å². The summed E-state index contributed by atoms with van der Waals surface area (Å²) >= 11 is 2.43. The predicted molar refractivity (Wildman–Crippen MR) is 85.4 cm³/mol. The van der Waals surface area contributed by atoms with Crippen LogP contribution in [-0.4, -0.2) is 11.0 Å². The first-order valence-corrected chi connectivity index (χ1v) is 8.38. The molecule has 1 aliphatic carbocycles. The minimum atomic E-state index is -0.126. The van der Waals surface area contributed by atoms with Gasteiger partial charge in [0.2, 0.25) is 0 Å². The van der Waals surface area contributed by atoms with E-state index in [0.29, 0.717) is 5.92 Å². The molecule has 1 fully saturated rings. The Morgan fingerprint density at radius 2 is 1.89 bits per heavy atom. The monoisotopic (exact) mass is 358 g/mol. The minimum absolute atomic E-state index is 0.126. The molecule has 0 bridgehead atoms. The van der Waals surface area contributed by atoms with Crippen LogP contribution in [0.2, 0.25) is 0 Å². The summed E-state index contributed by atoms with van der Waals surface area (Å²) in [5.74, 6) is 1.42.